The Hall–Kier alpha value is -1.10. The molecule has 0 saturated carbocycles. The quantitative estimate of drug-likeness (QED) is 0.716. The van der Waals surface area contributed by atoms with Crippen molar-refractivity contribution in [3.63, 3.8) is 0 Å². The number of ether oxygens (including phenoxy) is 2. The Labute approximate surface area is 110 Å². The van der Waals surface area contributed by atoms with Crippen LogP contribution in [-0.4, -0.2) is 51.9 Å². The Morgan fingerprint density at radius 2 is 1.78 bits per heavy atom. The first-order valence-corrected chi connectivity index (χ1v) is 6.34. The van der Waals surface area contributed by atoms with E-state index in [1.807, 2.05) is 12.1 Å². The zero-order chi connectivity index (χ0) is 13.2. The van der Waals surface area contributed by atoms with Crippen LogP contribution in [0.4, 0.5) is 0 Å². The lowest BCUT2D eigenvalue weighted by molar-refractivity contribution is 0.150. The summed E-state index contributed by atoms with van der Waals surface area (Å²) in [5, 5.41) is 0. The van der Waals surface area contributed by atoms with Gasteiger partial charge in [-0.2, -0.15) is 0 Å². The second-order valence-corrected chi connectivity index (χ2v) is 4.22. The molecule has 0 radical (unpaired) electrons. The third-order valence-electron chi connectivity index (χ3n) is 2.93. The Morgan fingerprint density at radius 3 is 2.33 bits per heavy atom. The molecule has 2 N–H and O–H groups in total. The highest BCUT2D eigenvalue weighted by atomic mass is 16.5. The van der Waals surface area contributed by atoms with Crippen molar-refractivity contribution in [2.75, 3.05) is 47.0 Å². The van der Waals surface area contributed by atoms with Crippen molar-refractivity contribution in [1.29, 1.82) is 0 Å². The van der Waals surface area contributed by atoms with E-state index in [1.54, 1.807) is 14.2 Å². The molecule has 0 fully saturated rings. The van der Waals surface area contributed by atoms with Crippen LogP contribution in [0.25, 0.3) is 0 Å². The molecule has 0 aromatic heterocycles. The highest BCUT2D eigenvalue weighted by Crippen LogP contribution is 2.11. The summed E-state index contributed by atoms with van der Waals surface area (Å²) in [5.74, 6) is 0.900. The molecule has 4 heteroatoms. The minimum Gasteiger partial charge on any atom is -0.497 e. The van der Waals surface area contributed by atoms with Crippen molar-refractivity contribution in [3.8, 4) is 5.75 Å². The standard InChI is InChI=1S/C14H24N2O2/c1-17-12-11-16(10-8-15)9-7-13-3-5-14(18-2)6-4-13/h3-6H,7-12,15H2,1-2H3. The van der Waals surface area contributed by atoms with Crippen LogP contribution in [0.1, 0.15) is 5.56 Å². The maximum atomic E-state index is 5.61. The van der Waals surface area contributed by atoms with Gasteiger partial charge in [-0.1, -0.05) is 12.1 Å². The fourth-order valence-corrected chi connectivity index (χ4v) is 1.82. The van der Waals surface area contributed by atoms with Gasteiger partial charge in [-0.3, -0.25) is 4.90 Å². The molecule has 0 aliphatic carbocycles. The van der Waals surface area contributed by atoms with E-state index in [1.165, 1.54) is 5.56 Å². The van der Waals surface area contributed by atoms with Crippen molar-refractivity contribution in [1.82, 2.24) is 4.90 Å². The summed E-state index contributed by atoms with van der Waals surface area (Å²) in [6.45, 7) is 4.30. The van der Waals surface area contributed by atoms with E-state index in [-0.39, 0.29) is 0 Å². The van der Waals surface area contributed by atoms with Crippen LogP contribution >= 0.6 is 0 Å². The summed E-state index contributed by atoms with van der Waals surface area (Å²) >= 11 is 0. The molecule has 0 saturated heterocycles. The molecule has 0 atom stereocenters. The fraction of sp³-hybridized carbons (Fsp3) is 0.571. The van der Waals surface area contributed by atoms with Gasteiger partial charge >= 0.3 is 0 Å². The van der Waals surface area contributed by atoms with Gasteiger partial charge in [0.1, 0.15) is 5.75 Å². The van der Waals surface area contributed by atoms with Crippen molar-refractivity contribution < 1.29 is 9.47 Å². The molecule has 1 rings (SSSR count). The average Bonchev–Trinajstić information content (AvgIpc) is 2.42. The van der Waals surface area contributed by atoms with Gasteiger partial charge in [-0.25, -0.2) is 0 Å². The molecule has 1 aromatic rings. The van der Waals surface area contributed by atoms with Crippen LogP contribution in [0.15, 0.2) is 24.3 Å². The maximum absolute atomic E-state index is 5.61. The second-order valence-electron chi connectivity index (χ2n) is 4.22. The molecule has 0 aliphatic heterocycles. The van der Waals surface area contributed by atoms with Crippen molar-refractivity contribution in [2.24, 2.45) is 5.73 Å². The van der Waals surface area contributed by atoms with Crippen LogP contribution < -0.4 is 10.5 Å². The highest BCUT2D eigenvalue weighted by Gasteiger charge is 2.04. The fourth-order valence-electron chi connectivity index (χ4n) is 1.82. The number of nitrogens with zero attached hydrogens (tertiary/aromatic N) is 1. The van der Waals surface area contributed by atoms with Crippen LogP contribution in [-0.2, 0) is 11.2 Å². The molecule has 0 aliphatic rings. The molecule has 0 unspecified atom stereocenters. The summed E-state index contributed by atoms with van der Waals surface area (Å²) in [5.41, 5.74) is 6.92. The molecule has 0 heterocycles. The van der Waals surface area contributed by atoms with Crippen LogP contribution in [0.5, 0.6) is 5.75 Å². The summed E-state index contributed by atoms with van der Waals surface area (Å²) in [6, 6.07) is 8.21. The van der Waals surface area contributed by atoms with Gasteiger partial charge < -0.3 is 15.2 Å². The third kappa shape index (κ3) is 5.49. The molecule has 0 bridgehead atoms. The van der Waals surface area contributed by atoms with Crippen molar-refractivity contribution in [3.05, 3.63) is 29.8 Å². The lowest BCUT2D eigenvalue weighted by Gasteiger charge is -2.21. The summed E-state index contributed by atoms with van der Waals surface area (Å²) in [7, 11) is 3.41. The van der Waals surface area contributed by atoms with Crippen LogP contribution in [0.2, 0.25) is 0 Å². The minimum atomic E-state index is 0.687. The van der Waals surface area contributed by atoms with E-state index in [2.05, 4.69) is 17.0 Å². The van der Waals surface area contributed by atoms with Gasteiger partial charge in [0.15, 0.2) is 0 Å². The van der Waals surface area contributed by atoms with E-state index in [0.717, 1.165) is 38.4 Å². The molecule has 102 valence electrons. The topological polar surface area (TPSA) is 47.7 Å². The van der Waals surface area contributed by atoms with Gasteiger partial charge in [0.05, 0.1) is 13.7 Å². The van der Waals surface area contributed by atoms with Gasteiger partial charge in [0.2, 0.25) is 0 Å². The van der Waals surface area contributed by atoms with Gasteiger partial charge in [0.25, 0.3) is 0 Å². The first-order valence-electron chi connectivity index (χ1n) is 6.34. The molecular formula is C14H24N2O2. The van der Waals surface area contributed by atoms with Gasteiger partial charge in [-0.15, -0.1) is 0 Å². The van der Waals surface area contributed by atoms with Crippen molar-refractivity contribution >= 4 is 0 Å². The minimum absolute atomic E-state index is 0.687. The Kier molecular flexibility index (Phi) is 7.41. The molecule has 4 nitrogen and oxygen atoms in total. The van der Waals surface area contributed by atoms with E-state index in [0.29, 0.717) is 6.54 Å². The zero-order valence-corrected chi connectivity index (χ0v) is 11.4. The average molecular weight is 252 g/mol. The Bertz CT molecular complexity index is 314. The molecular weight excluding hydrogens is 228 g/mol. The summed E-state index contributed by atoms with van der Waals surface area (Å²) in [4.78, 5) is 2.33. The number of rotatable bonds is 9. The normalized spacial score (nSPS) is 10.9. The van der Waals surface area contributed by atoms with Crippen LogP contribution in [0, 0.1) is 0 Å². The lowest BCUT2D eigenvalue weighted by atomic mass is 10.1. The molecule has 0 amide bonds. The SMILES string of the molecule is COCCN(CCN)CCc1ccc(OC)cc1. The molecule has 1 aromatic carbocycles. The maximum Gasteiger partial charge on any atom is 0.118 e. The van der Waals surface area contributed by atoms with Gasteiger partial charge in [-0.05, 0) is 24.1 Å². The number of methoxy groups -OCH3 is 2. The van der Waals surface area contributed by atoms with Crippen molar-refractivity contribution in [2.45, 2.75) is 6.42 Å². The number of benzene rings is 1. The van der Waals surface area contributed by atoms with E-state index in [4.69, 9.17) is 15.2 Å². The summed E-state index contributed by atoms with van der Waals surface area (Å²) < 4.78 is 10.2. The number of hydrogen-bond donors (Lipinski definition) is 1. The van der Waals surface area contributed by atoms with E-state index in [9.17, 15) is 0 Å². The van der Waals surface area contributed by atoms with Gasteiger partial charge in [0, 0.05) is 33.3 Å². The number of nitrogens with two attached hydrogens (primary N) is 1. The predicted molar refractivity (Wildman–Crippen MR) is 74.1 cm³/mol. The largest absolute Gasteiger partial charge is 0.497 e. The first-order chi connectivity index (χ1) is 8.80. The second kappa shape index (κ2) is 8.91. The van der Waals surface area contributed by atoms with E-state index >= 15 is 0 Å². The monoisotopic (exact) mass is 252 g/mol. The predicted octanol–water partition coefficient (Wildman–Crippen LogP) is 1.14. The zero-order valence-electron chi connectivity index (χ0n) is 11.4. The third-order valence-corrected chi connectivity index (χ3v) is 2.93. The van der Waals surface area contributed by atoms with Crippen LogP contribution in [0.3, 0.4) is 0 Å². The van der Waals surface area contributed by atoms with E-state index < -0.39 is 0 Å². The Balaban J connectivity index is 2.39. The Morgan fingerprint density at radius 1 is 1.06 bits per heavy atom. The number of hydrogen-bond acceptors (Lipinski definition) is 4. The first kappa shape index (κ1) is 15.0. The highest BCUT2D eigenvalue weighted by molar-refractivity contribution is 5.27. The summed E-state index contributed by atoms with van der Waals surface area (Å²) in [6.07, 6.45) is 1.02. The lowest BCUT2D eigenvalue weighted by Crippen LogP contribution is -2.34. The molecule has 0 spiro atoms. The smallest absolute Gasteiger partial charge is 0.118 e. The molecule has 18 heavy (non-hydrogen) atoms.